The number of rotatable bonds is 1. The molecule has 1 aliphatic carbocycles. The molecule has 0 radical (unpaired) electrons. The molecule has 1 fully saturated rings. The Morgan fingerprint density at radius 2 is 1.45 bits per heavy atom. The Morgan fingerprint density at radius 1 is 1.00 bits per heavy atom. The lowest BCUT2D eigenvalue weighted by molar-refractivity contribution is -0.105. The van der Waals surface area contributed by atoms with Crippen molar-refractivity contribution in [3.63, 3.8) is 0 Å². The number of aliphatic hydroxyl groups is 4. The van der Waals surface area contributed by atoms with Gasteiger partial charge in [0, 0.05) is 6.61 Å². The molecule has 1 aliphatic rings. The normalized spacial score (nSPS) is 45.8. The summed E-state index contributed by atoms with van der Waals surface area (Å²) >= 11 is 0. The van der Waals surface area contributed by atoms with Crippen molar-refractivity contribution in [1.82, 2.24) is 0 Å². The molecule has 1 saturated carbocycles. The Labute approximate surface area is 65.1 Å². The molecule has 0 amide bonds. The van der Waals surface area contributed by atoms with Crippen LogP contribution < -0.4 is 0 Å². The van der Waals surface area contributed by atoms with E-state index in [0.29, 0.717) is 12.8 Å². The zero-order chi connectivity index (χ0) is 8.43. The minimum absolute atomic E-state index is 0.0408. The fraction of sp³-hybridized carbons (Fsp3) is 1.00. The lowest BCUT2D eigenvalue weighted by atomic mass is 9.84. The van der Waals surface area contributed by atoms with Crippen LogP contribution in [0.1, 0.15) is 12.8 Å². The van der Waals surface area contributed by atoms with Crippen molar-refractivity contribution in [3.8, 4) is 0 Å². The predicted octanol–water partition coefficient (Wildman–Crippen LogP) is -1.53. The van der Waals surface area contributed by atoms with E-state index in [9.17, 15) is 0 Å². The standard InChI is InChI=1S/C7H14O4/c8-3-4-1-5(9)7(11)6(10)2-4/h4-11H,1-3H2/t4?,5-,6-,7?/m0/s1. The average molecular weight is 162 g/mol. The molecule has 66 valence electrons. The van der Waals surface area contributed by atoms with Crippen LogP contribution in [0.2, 0.25) is 0 Å². The van der Waals surface area contributed by atoms with E-state index in [2.05, 4.69) is 0 Å². The fourth-order valence-electron chi connectivity index (χ4n) is 1.46. The van der Waals surface area contributed by atoms with Crippen LogP contribution in [0.3, 0.4) is 0 Å². The third-order valence-electron chi connectivity index (χ3n) is 2.20. The zero-order valence-corrected chi connectivity index (χ0v) is 6.22. The fourth-order valence-corrected chi connectivity index (χ4v) is 1.46. The second-order valence-electron chi connectivity index (χ2n) is 3.15. The minimum Gasteiger partial charge on any atom is -0.396 e. The molecular weight excluding hydrogens is 148 g/mol. The quantitative estimate of drug-likeness (QED) is 0.377. The Morgan fingerprint density at radius 3 is 1.82 bits per heavy atom. The first-order chi connectivity index (χ1) is 5.15. The topological polar surface area (TPSA) is 80.9 Å². The van der Waals surface area contributed by atoms with E-state index < -0.39 is 18.3 Å². The van der Waals surface area contributed by atoms with Crippen LogP contribution in [0.4, 0.5) is 0 Å². The summed E-state index contributed by atoms with van der Waals surface area (Å²) in [6.07, 6.45) is -2.09. The largest absolute Gasteiger partial charge is 0.396 e. The molecule has 0 heterocycles. The van der Waals surface area contributed by atoms with E-state index in [1.54, 1.807) is 0 Å². The molecule has 11 heavy (non-hydrogen) atoms. The second kappa shape index (κ2) is 3.49. The summed E-state index contributed by atoms with van der Waals surface area (Å²) in [5.74, 6) is -0.0802. The van der Waals surface area contributed by atoms with E-state index in [1.165, 1.54) is 0 Å². The van der Waals surface area contributed by atoms with Crippen molar-refractivity contribution >= 4 is 0 Å². The smallest absolute Gasteiger partial charge is 0.106 e. The van der Waals surface area contributed by atoms with E-state index in [4.69, 9.17) is 20.4 Å². The van der Waals surface area contributed by atoms with Crippen LogP contribution in [0.25, 0.3) is 0 Å². The molecule has 1 rings (SSSR count). The highest BCUT2D eigenvalue weighted by Gasteiger charge is 2.33. The molecule has 0 aliphatic heterocycles. The van der Waals surface area contributed by atoms with Crippen molar-refractivity contribution in [2.75, 3.05) is 6.61 Å². The number of aliphatic hydroxyl groups excluding tert-OH is 4. The van der Waals surface area contributed by atoms with E-state index >= 15 is 0 Å². The van der Waals surface area contributed by atoms with Gasteiger partial charge in [0.15, 0.2) is 0 Å². The van der Waals surface area contributed by atoms with Crippen molar-refractivity contribution < 1.29 is 20.4 Å². The predicted molar refractivity (Wildman–Crippen MR) is 37.8 cm³/mol. The molecule has 0 aromatic heterocycles. The van der Waals surface area contributed by atoms with Crippen molar-refractivity contribution in [2.24, 2.45) is 5.92 Å². The summed E-state index contributed by atoms with van der Waals surface area (Å²) < 4.78 is 0. The third-order valence-corrected chi connectivity index (χ3v) is 2.20. The average Bonchev–Trinajstić information content (AvgIpc) is 1.99. The van der Waals surface area contributed by atoms with Gasteiger partial charge < -0.3 is 20.4 Å². The minimum atomic E-state index is -1.04. The van der Waals surface area contributed by atoms with Crippen LogP contribution in [0, 0.1) is 5.92 Å². The van der Waals surface area contributed by atoms with Gasteiger partial charge >= 0.3 is 0 Å². The highest BCUT2D eigenvalue weighted by Crippen LogP contribution is 2.24. The maximum Gasteiger partial charge on any atom is 0.106 e. The first kappa shape index (κ1) is 8.93. The summed E-state index contributed by atoms with van der Waals surface area (Å²) in [4.78, 5) is 0. The molecule has 4 N–H and O–H groups in total. The summed E-state index contributed by atoms with van der Waals surface area (Å²) in [5, 5.41) is 36.0. The maximum atomic E-state index is 9.13. The van der Waals surface area contributed by atoms with E-state index in [1.807, 2.05) is 0 Å². The molecule has 4 nitrogen and oxygen atoms in total. The van der Waals surface area contributed by atoms with Crippen LogP contribution in [-0.2, 0) is 0 Å². The molecule has 4 heteroatoms. The van der Waals surface area contributed by atoms with Crippen LogP contribution in [0.5, 0.6) is 0 Å². The van der Waals surface area contributed by atoms with Gasteiger partial charge in [0.05, 0.1) is 12.2 Å². The zero-order valence-electron chi connectivity index (χ0n) is 6.22. The Hall–Kier alpha value is -0.160. The monoisotopic (exact) mass is 162 g/mol. The molecule has 0 aromatic rings. The molecule has 2 atom stereocenters. The first-order valence-corrected chi connectivity index (χ1v) is 3.80. The lowest BCUT2D eigenvalue weighted by Gasteiger charge is -2.32. The van der Waals surface area contributed by atoms with Gasteiger partial charge in [-0.25, -0.2) is 0 Å². The van der Waals surface area contributed by atoms with Gasteiger partial charge in [-0.3, -0.25) is 0 Å². The SMILES string of the molecule is OCC1C[C@H](O)C(O)[C@@H](O)C1. The van der Waals surface area contributed by atoms with Gasteiger partial charge in [-0.05, 0) is 18.8 Å². The molecule has 0 saturated heterocycles. The summed E-state index contributed by atoms with van der Waals surface area (Å²) in [5.41, 5.74) is 0. The van der Waals surface area contributed by atoms with Crippen molar-refractivity contribution in [3.05, 3.63) is 0 Å². The van der Waals surface area contributed by atoms with Gasteiger partial charge in [0.2, 0.25) is 0 Å². The summed E-state index contributed by atoms with van der Waals surface area (Å²) in [7, 11) is 0. The number of hydrogen-bond acceptors (Lipinski definition) is 4. The van der Waals surface area contributed by atoms with Gasteiger partial charge in [0.1, 0.15) is 6.10 Å². The van der Waals surface area contributed by atoms with Gasteiger partial charge in [-0.2, -0.15) is 0 Å². The molecule has 0 unspecified atom stereocenters. The van der Waals surface area contributed by atoms with E-state index in [-0.39, 0.29) is 12.5 Å². The van der Waals surface area contributed by atoms with Crippen LogP contribution in [-0.4, -0.2) is 45.3 Å². The first-order valence-electron chi connectivity index (χ1n) is 3.80. The maximum absolute atomic E-state index is 9.13. The Balaban J connectivity index is 2.47. The van der Waals surface area contributed by atoms with Crippen LogP contribution >= 0.6 is 0 Å². The summed E-state index contributed by atoms with van der Waals surface area (Å²) in [6.45, 7) is -0.0408. The molecule has 0 bridgehead atoms. The van der Waals surface area contributed by atoms with E-state index in [0.717, 1.165) is 0 Å². The van der Waals surface area contributed by atoms with Gasteiger partial charge in [-0.15, -0.1) is 0 Å². The molecule has 0 spiro atoms. The molecular formula is C7H14O4. The van der Waals surface area contributed by atoms with Gasteiger partial charge in [-0.1, -0.05) is 0 Å². The summed E-state index contributed by atoms with van der Waals surface area (Å²) in [6, 6.07) is 0. The van der Waals surface area contributed by atoms with Crippen molar-refractivity contribution in [2.45, 2.75) is 31.2 Å². The Kier molecular flexibility index (Phi) is 2.84. The highest BCUT2D eigenvalue weighted by atomic mass is 16.4. The third kappa shape index (κ3) is 1.90. The van der Waals surface area contributed by atoms with Gasteiger partial charge in [0.25, 0.3) is 0 Å². The Bertz CT molecular complexity index is 116. The second-order valence-corrected chi connectivity index (χ2v) is 3.15. The molecule has 0 aromatic carbocycles. The van der Waals surface area contributed by atoms with Crippen molar-refractivity contribution in [1.29, 1.82) is 0 Å². The number of hydrogen-bond donors (Lipinski definition) is 4. The lowest BCUT2D eigenvalue weighted by Crippen LogP contribution is -2.45. The highest BCUT2D eigenvalue weighted by molar-refractivity contribution is 4.85. The van der Waals surface area contributed by atoms with Crippen LogP contribution in [0.15, 0.2) is 0 Å².